The van der Waals surface area contributed by atoms with E-state index in [1.165, 1.54) is 0 Å². The highest BCUT2D eigenvalue weighted by Crippen LogP contribution is 2.46. The zero-order chi connectivity index (χ0) is 14.3. The van der Waals surface area contributed by atoms with Crippen molar-refractivity contribution in [1.29, 1.82) is 0 Å². The molecule has 0 fully saturated rings. The summed E-state index contributed by atoms with van der Waals surface area (Å²) in [5.41, 5.74) is 2.40. The maximum absolute atomic E-state index is 12.4. The van der Waals surface area contributed by atoms with Crippen molar-refractivity contribution in [3.63, 3.8) is 0 Å². The van der Waals surface area contributed by atoms with Gasteiger partial charge in [-0.1, -0.05) is 45.0 Å². The average molecular weight is 279 g/mol. The van der Waals surface area contributed by atoms with Gasteiger partial charge < -0.3 is 0 Å². The number of benzene rings is 1. The molecule has 0 aromatic heterocycles. The van der Waals surface area contributed by atoms with Gasteiger partial charge in [-0.25, -0.2) is 8.42 Å². The Morgan fingerprint density at radius 3 is 2.63 bits per heavy atom. The second-order valence-electron chi connectivity index (χ2n) is 5.99. The van der Waals surface area contributed by atoms with Gasteiger partial charge in [0.1, 0.15) is 5.25 Å². The molecule has 0 aliphatic carbocycles. The Morgan fingerprint density at radius 2 is 2.05 bits per heavy atom. The van der Waals surface area contributed by atoms with Crippen LogP contribution in [0.3, 0.4) is 0 Å². The summed E-state index contributed by atoms with van der Waals surface area (Å²) in [5, 5.41) is -0.546. The Labute approximate surface area is 115 Å². The van der Waals surface area contributed by atoms with E-state index in [4.69, 9.17) is 0 Å². The van der Waals surface area contributed by atoms with Crippen molar-refractivity contribution in [3.05, 3.63) is 35.4 Å². The molecule has 4 heteroatoms. The van der Waals surface area contributed by atoms with E-state index in [1.807, 2.05) is 38.1 Å². The maximum atomic E-state index is 12.4. The Hall–Kier alpha value is -1.16. The van der Waals surface area contributed by atoms with Crippen LogP contribution in [0.2, 0.25) is 0 Å². The molecule has 1 aliphatic rings. The summed E-state index contributed by atoms with van der Waals surface area (Å²) in [7, 11) is -3.47. The zero-order valence-electron chi connectivity index (χ0n) is 12.0. The summed E-state index contributed by atoms with van der Waals surface area (Å²) in [6, 6.07) is 7.87. The maximum Gasteiger partial charge on any atom is 0.260 e. The highest BCUT2D eigenvalue weighted by atomic mass is 32.2. The van der Waals surface area contributed by atoms with Gasteiger partial charge in [-0.05, 0) is 36.3 Å². The van der Waals surface area contributed by atoms with Crippen LogP contribution in [-0.4, -0.2) is 14.1 Å². The van der Waals surface area contributed by atoms with E-state index < -0.39 is 15.3 Å². The summed E-state index contributed by atoms with van der Waals surface area (Å²) < 4.78 is 28.8. The molecule has 1 aromatic carbocycles. The molecule has 1 aliphatic heterocycles. The Kier molecular flexibility index (Phi) is 3.56. The summed E-state index contributed by atoms with van der Waals surface area (Å²) in [6.07, 6.45) is 1.62. The molecule has 0 spiro atoms. The first-order chi connectivity index (χ1) is 8.76. The normalized spacial score (nSPS) is 24.8. The standard InChI is InChI=1S/C15H21NO2S/c1-5-12-7-6-8-13(9-12)14-15(3,4)10-11(2)16-19(14,17)18/h6-9,14H,5,10H2,1-4H3. The van der Waals surface area contributed by atoms with Crippen molar-refractivity contribution >= 4 is 15.7 Å². The van der Waals surface area contributed by atoms with Crippen molar-refractivity contribution in [2.45, 2.75) is 45.8 Å². The first-order valence-corrected chi connectivity index (χ1v) is 8.14. The van der Waals surface area contributed by atoms with Crippen molar-refractivity contribution in [3.8, 4) is 0 Å². The van der Waals surface area contributed by atoms with Crippen molar-refractivity contribution in [2.75, 3.05) is 0 Å². The fraction of sp³-hybridized carbons (Fsp3) is 0.533. The van der Waals surface area contributed by atoms with E-state index in [-0.39, 0.29) is 5.41 Å². The lowest BCUT2D eigenvalue weighted by atomic mass is 9.80. The van der Waals surface area contributed by atoms with Crippen LogP contribution >= 0.6 is 0 Å². The van der Waals surface area contributed by atoms with Gasteiger partial charge >= 0.3 is 0 Å². The first kappa shape index (κ1) is 14.3. The number of aryl methyl sites for hydroxylation is 1. The second-order valence-corrected chi connectivity index (χ2v) is 7.67. The fourth-order valence-electron chi connectivity index (χ4n) is 3.06. The lowest BCUT2D eigenvalue weighted by Gasteiger charge is -2.36. The molecule has 0 saturated heterocycles. The van der Waals surface area contributed by atoms with Gasteiger partial charge in [-0.3, -0.25) is 0 Å². The van der Waals surface area contributed by atoms with Gasteiger partial charge in [-0.2, -0.15) is 4.40 Å². The van der Waals surface area contributed by atoms with E-state index in [0.29, 0.717) is 12.1 Å². The molecule has 0 radical (unpaired) electrons. The minimum absolute atomic E-state index is 0.322. The molecule has 19 heavy (non-hydrogen) atoms. The van der Waals surface area contributed by atoms with Gasteiger partial charge in [-0.15, -0.1) is 0 Å². The molecule has 1 atom stereocenters. The first-order valence-electron chi connectivity index (χ1n) is 6.64. The molecule has 1 aromatic rings. The highest BCUT2D eigenvalue weighted by molar-refractivity contribution is 7.90. The molecular formula is C15H21NO2S. The summed E-state index contributed by atoms with van der Waals surface area (Å²) in [6.45, 7) is 7.87. The van der Waals surface area contributed by atoms with E-state index in [2.05, 4.69) is 11.3 Å². The third kappa shape index (κ3) is 2.73. The summed E-state index contributed by atoms with van der Waals surface area (Å²) in [4.78, 5) is 0. The SMILES string of the molecule is CCc1cccc(C2C(C)(C)CC(C)=NS2(=O)=O)c1. The number of hydrogen-bond donors (Lipinski definition) is 0. The number of hydrogen-bond acceptors (Lipinski definition) is 2. The average Bonchev–Trinajstić information content (AvgIpc) is 2.25. The van der Waals surface area contributed by atoms with Crippen LogP contribution in [0.4, 0.5) is 0 Å². The van der Waals surface area contributed by atoms with Crippen LogP contribution < -0.4 is 0 Å². The molecule has 0 amide bonds. The van der Waals surface area contributed by atoms with Crippen LogP contribution in [-0.2, 0) is 16.4 Å². The van der Waals surface area contributed by atoms with Crippen LogP contribution in [0.1, 0.15) is 50.5 Å². The quantitative estimate of drug-likeness (QED) is 0.831. The van der Waals surface area contributed by atoms with E-state index in [9.17, 15) is 8.42 Å². The lowest BCUT2D eigenvalue weighted by Crippen LogP contribution is -2.34. The van der Waals surface area contributed by atoms with Gasteiger partial charge in [0.25, 0.3) is 10.0 Å². The summed E-state index contributed by atoms with van der Waals surface area (Å²) >= 11 is 0. The molecule has 0 N–H and O–H groups in total. The number of sulfonamides is 1. The largest absolute Gasteiger partial charge is 0.260 e. The monoisotopic (exact) mass is 279 g/mol. The van der Waals surface area contributed by atoms with Crippen LogP contribution in [0.15, 0.2) is 28.7 Å². The van der Waals surface area contributed by atoms with Gasteiger partial charge in [0.15, 0.2) is 0 Å². The topological polar surface area (TPSA) is 46.5 Å². The van der Waals surface area contributed by atoms with E-state index in [0.717, 1.165) is 17.5 Å². The van der Waals surface area contributed by atoms with E-state index >= 15 is 0 Å². The number of nitrogens with zero attached hydrogens (tertiary/aromatic N) is 1. The summed E-state index contributed by atoms with van der Waals surface area (Å²) in [5.74, 6) is 0. The molecule has 1 heterocycles. The second kappa shape index (κ2) is 4.75. The minimum atomic E-state index is -3.47. The zero-order valence-corrected chi connectivity index (χ0v) is 12.8. The number of rotatable bonds is 2. The van der Waals surface area contributed by atoms with Crippen LogP contribution in [0.5, 0.6) is 0 Å². The van der Waals surface area contributed by atoms with Gasteiger partial charge in [0, 0.05) is 5.71 Å². The van der Waals surface area contributed by atoms with Crippen molar-refractivity contribution < 1.29 is 8.42 Å². The smallest absolute Gasteiger partial charge is 0.204 e. The van der Waals surface area contributed by atoms with Crippen LogP contribution in [0, 0.1) is 5.41 Å². The lowest BCUT2D eigenvalue weighted by molar-refractivity contribution is 0.350. The van der Waals surface area contributed by atoms with E-state index in [1.54, 1.807) is 6.92 Å². The molecule has 104 valence electrons. The Morgan fingerprint density at radius 1 is 1.37 bits per heavy atom. The Balaban J connectivity index is 2.58. The van der Waals surface area contributed by atoms with Crippen molar-refractivity contribution in [1.82, 2.24) is 0 Å². The predicted molar refractivity (Wildman–Crippen MR) is 79.0 cm³/mol. The molecule has 0 bridgehead atoms. The van der Waals surface area contributed by atoms with Gasteiger partial charge in [0.05, 0.1) is 0 Å². The minimum Gasteiger partial charge on any atom is -0.204 e. The fourth-order valence-corrected chi connectivity index (χ4v) is 5.04. The molecule has 0 saturated carbocycles. The third-order valence-corrected chi connectivity index (χ3v) is 5.74. The van der Waals surface area contributed by atoms with Crippen LogP contribution in [0.25, 0.3) is 0 Å². The Bertz CT molecular complexity index is 615. The molecule has 2 rings (SSSR count). The van der Waals surface area contributed by atoms with Crippen molar-refractivity contribution in [2.24, 2.45) is 9.81 Å². The molecule has 1 unspecified atom stereocenters. The molecular weight excluding hydrogens is 258 g/mol. The molecule has 3 nitrogen and oxygen atoms in total. The predicted octanol–water partition coefficient (Wildman–Crippen LogP) is 3.51. The van der Waals surface area contributed by atoms with Gasteiger partial charge in [0.2, 0.25) is 0 Å². The third-order valence-electron chi connectivity index (χ3n) is 3.66. The highest BCUT2D eigenvalue weighted by Gasteiger charge is 2.44.